The van der Waals surface area contributed by atoms with Crippen LogP contribution >= 0.6 is 15.9 Å². The predicted octanol–water partition coefficient (Wildman–Crippen LogP) is 3.69. The zero-order valence-electron chi connectivity index (χ0n) is 11.4. The van der Waals surface area contributed by atoms with Gasteiger partial charge in [0.15, 0.2) is 0 Å². The van der Waals surface area contributed by atoms with Gasteiger partial charge in [-0.05, 0) is 41.9 Å². The highest BCUT2D eigenvalue weighted by molar-refractivity contribution is 9.10. The van der Waals surface area contributed by atoms with Gasteiger partial charge in [-0.3, -0.25) is 4.98 Å². The fraction of sp³-hybridized carbons (Fsp3) is 0.267. The number of nitrogens with one attached hydrogen (secondary N) is 1. The topological polar surface area (TPSA) is 34.2 Å². The third kappa shape index (κ3) is 3.35. The van der Waals surface area contributed by atoms with Crippen LogP contribution in [0.5, 0.6) is 5.75 Å². The van der Waals surface area contributed by atoms with E-state index in [2.05, 4.69) is 26.2 Å². The standard InChI is InChI=1S/C15H16BrFN2O/c1-3-19-15(10-6-12(20-2)9-18-8-10)13-7-11(17)4-5-14(13)16/h4-9,15,19H,3H2,1-2H3. The number of halogens is 2. The maximum absolute atomic E-state index is 13.5. The van der Waals surface area contributed by atoms with Gasteiger partial charge in [-0.1, -0.05) is 22.9 Å². The fourth-order valence-corrected chi connectivity index (χ4v) is 2.53. The molecule has 0 fully saturated rings. The van der Waals surface area contributed by atoms with Crippen LogP contribution in [0, 0.1) is 5.82 Å². The van der Waals surface area contributed by atoms with E-state index in [9.17, 15) is 4.39 Å². The largest absolute Gasteiger partial charge is 0.495 e. The summed E-state index contributed by atoms with van der Waals surface area (Å²) in [7, 11) is 1.60. The zero-order chi connectivity index (χ0) is 14.5. The monoisotopic (exact) mass is 338 g/mol. The smallest absolute Gasteiger partial charge is 0.137 e. The zero-order valence-corrected chi connectivity index (χ0v) is 12.9. The first kappa shape index (κ1) is 14.9. The SMILES string of the molecule is CCNC(c1cncc(OC)c1)c1cc(F)ccc1Br. The molecule has 2 aromatic rings. The molecule has 0 spiro atoms. The summed E-state index contributed by atoms with van der Waals surface area (Å²) in [5, 5.41) is 3.34. The van der Waals surface area contributed by atoms with E-state index < -0.39 is 0 Å². The van der Waals surface area contributed by atoms with Gasteiger partial charge in [0.25, 0.3) is 0 Å². The van der Waals surface area contributed by atoms with Gasteiger partial charge < -0.3 is 10.1 Å². The molecule has 1 aromatic carbocycles. The summed E-state index contributed by atoms with van der Waals surface area (Å²) in [6.07, 6.45) is 3.40. The lowest BCUT2D eigenvalue weighted by atomic mass is 10.00. The molecular weight excluding hydrogens is 323 g/mol. The highest BCUT2D eigenvalue weighted by Gasteiger charge is 2.17. The number of pyridine rings is 1. The summed E-state index contributed by atoms with van der Waals surface area (Å²) in [5.74, 6) is 0.417. The Bertz CT molecular complexity index is 592. The first-order chi connectivity index (χ1) is 9.65. The van der Waals surface area contributed by atoms with E-state index in [1.165, 1.54) is 12.1 Å². The van der Waals surface area contributed by atoms with Crippen molar-refractivity contribution in [2.24, 2.45) is 0 Å². The Labute approximate surface area is 126 Å². The molecule has 1 atom stereocenters. The van der Waals surface area contributed by atoms with E-state index in [1.807, 2.05) is 13.0 Å². The first-order valence-corrected chi connectivity index (χ1v) is 7.12. The van der Waals surface area contributed by atoms with Crippen molar-refractivity contribution >= 4 is 15.9 Å². The van der Waals surface area contributed by atoms with Crippen molar-refractivity contribution in [2.75, 3.05) is 13.7 Å². The molecule has 1 unspecified atom stereocenters. The normalized spacial score (nSPS) is 12.2. The number of nitrogens with zero attached hydrogens (tertiary/aromatic N) is 1. The van der Waals surface area contributed by atoms with Crippen LogP contribution in [0.3, 0.4) is 0 Å². The number of rotatable bonds is 5. The van der Waals surface area contributed by atoms with Gasteiger partial charge in [0.2, 0.25) is 0 Å². The molecule has 106 valence electrons. The molecule has 0 saturated heterocycles. The summed E-state index contributed by atoms with van der Waals surface area (Å²) < 4.78 is 19.6. The molecule has 20 heavy (non-hydrogen) atoms. The summed E-state index contributed by atoms with van der Waals surface area (Å²) in [6.45, 7) is 2.76. The van der Waals surface area contributed by atoms with Crippen LogP contribution in [0.1, 0.15) is 24.1 Å². The molecule has 1 aromatic heterocycles. The van der Waals surface area contributed by atoms with Crippen LogP contribution in [0.4, 0.5) is 4.39 Å². The van der Waals surface area contributed by atoms with Crippen LogP contribution in [-0.4, -0.2) is 18.6 Å². The molecule has 0 saturated carbocycles. The lowest BCUT2D eigenvalue weighted by Gasteiger charge is -2.20. The second kappa shape index (κ2) is 6.81. The van der Waals surface area contributed by atoms with E-state index in [1.54, 1.807) is 25.6 Å². The molecule has 1 heterocycles. The number of ether oxygens (including phenoxy) is 1. The molecule has 2 rings (SSSR count). The van der Waals surface area contributed by atoms with Crippen molar-refractivity contribution in [3.8, 4) is 5.75 Å². The van der Waals surface area contributed by atoms with Gasteiger partial charge >= 0.3 is 0 Å². The minimum absolute atomic E-state index is 0.146. The van der Waals surface area contributed by atoms with E-state index in [0.29, 0.717) is 5.75 Å². The number of hydrogen-bond acceptors (Lipinski definition) is 3. The molecule has 0 bridgehead atoms. The Morgan fingerprint density at radius 3 is 2.85 bits per heavy atom. The first-order valence-electron chi connectivity index (χ1n) is 6.33. The minimum atomic E-state index is -0.262. The molecule has 1 N–H and O–H groups in total. The molecule has 0 aliphatic carbocycles. The summed E-state index contributed by atoms with van der Waals surface area (Å²) >= 11 is 3.48. The third-order valence-corrected chi connectivity index (χ3v) is 3.70. The molecular formula is C15H16BrFN2O. The van der Waals surface area contributed by atoms with Crippen LogP contribution < -0.4 is 10.1 Å². The number of methoxy groups -OCH3 is 1. The maximum Gasteiger partial charge on any atom is 0.137 e. The van der Waals surface area contributed by atoms with E-state index in [4.69, 9.17) is 4.74 Å². The van der Waals surface area contributed by atoms with E-state index in [-0.39, 0.29) is 11.9 Å². The summed E-state index contributed by atoms with van der Waals surface area (Å²) in [4.78, 5) is 4.16. The lowest BCUT2D eigenvalue weighted by molar-refractivity contribution is 0.411. The molecule has 0 aliphatic heterocycles. The number of aromatic nitrogens is 1. The van der Waals surface area contributed by atoms with Gasteiger partial charge in [-0.25, -0.2) is 4.39 Å². The quantitative estimate of drug-likeness (QED) is 0.902. The van der Waals surface area contributed by atoms with Gasteiger partial charge in [-0.15, -0.1) is 0 Å². The average Bonchev–Trinajstić information content (AvgIpc) is 2.47. The van der Waals surface area contributed by atoms with Crippen molar-refractivity contribution in [1.29, 1.82) is 0 Å². The van der Waals surface area contributed by atoms with Crippen molar-refractivity contribution in [3.05, 3.63) is 58.1 Å². The Kier molecular flexibility index (Phi) is 5.09. The second-order valence-corrected chi connectivity index (χ2v) is 5.17. The van der Waals surface area contributed by atoms with Gasteiger partial charge in [0.05, 0.1) is 19.3 Å². The van der Waals surface area contributed by atoms with Crippen LogP contribution in [0.15, 0.2) is 41.1 Å². The van der Waals surface area contributed by atoms with Crippen molar-refractivity contribution in [1.82, 2.24) is 10.3 Å². The molecule has 0 amide bonds. The van der Waals surface area contributed by atoms with Crippen LogP contribution in [0.25, 0.3) is 0 Å². The molecule has 0 aliphatic rings. The summed E-state index contributed by atoms with van der Waals surface area (Å²) in [5.41, 5.74) is 1.76. The predicted molar refractivity (Wildman–Crippen MR) is 80.4 cm³/mol. The van der Waals surface area contributed by atoms with Crippen LogP contribution in [0.2, 0.25) is 0 Å². The number of benzene rings is 1. The van der Waals surface area contributed by atoms with Crippen molar-refractivity contribution in [2.45, 2.75) is 13.0 Å². The highest BCUT2D eigenvalue weighted by Crippen LogP contribution is 2.30. The number of hydrogen-bond donors (Lipinski definition) is 1. The van der Waals surface area contributed by atoms with Crippen molar-refractivity contribution < 1.29 is 9.13 Å². The summed E-state index contributed by atoms with van der Waals surface area (Å²) in [6, 6.07) is 6.42. The fourth-order valence-electron chi connectivity index (χ4n) is 2.05. The van der Waals surface area contributed by atoms with Gasteiger partial charge in [0.1, 0.15) is 11.6 Å². The third-order valence-electron chi connectivity index (χ3n) is 2.98. The van der Waals surface area contributed by atoms with Crippen LogP contribution in [-0.2, 0) is 0 Å². The highest BCUT2D eigenvalue weighted by atomic mass is 79.9. The molecule has 5 heteroatoms. The lowest BCUT2D eigenvalue weighted by Crippen LogP contribution is -2.22. The van der Waals surface area contributed by atoms with Crippen molar-refractivity contribution in [3.63, 3.8) is 0 Å². The molecule has 3 nitrogen and oxygen atoms in total. The van der Waals surface area contributed by atoms with E-state index in [0.717, 1.165) is 22.1 Å². The average molecular weight is 339 g/mol. The Morgan fingerprint density at radius 2 is 2.15 bits per heavy atom. The second-order valence-electron chi connectivity index (χ2n) is 4.31. The van der Waals surface area contributed by atoms with E-state index >= 15 is 0 Å². The minimum Gasteiger partial charge on any atom is -0.495 e. The Morgan fingerprint density at radius 1 is 1.35 bits per heavy atom. The molecule has 0 radical (unpaired) electrons. The van der Waals surface area contributed by atoms with Gasteiger partial charge in [0, 0.05) is 10.7 Å². The maximum atomic E-state index is 13.5. The Balaban J connectivity index is 2.46. The van der Waals surface area contributed by atoms with Gasteiger partial charge in [-0.2, -0.15) is 0 Å². The Hall–Kier alpha value is -1.46.